The molecule has 26 heavy (non-hydrogen) atoms. The highest BCUT2D eigenvalue weighted by molar-refractivity contribution is 7.99. The first-order valence-electron chi connectivity index (χ1n) is 8.99. The largest absolute Gasteiger partial charge is 0.342 e. The molecule has 1 aliphatic carbocycles. The van der Waals surface area contributed by atoms with Crippen molar-refractivity contribution >= 4 is 29.3 Å². The maximum atomic E-state index is 12.6. The summed E-state index contributed by atoms with van der Waals surface area (Å²) in [4.78, 5) is 14.5. The van der Waals surface area contributed by atoms with Gasteiger partial charge in [-0.15, -0.1) is 10.2 Å². The lowest BCUT2D eigenvalue weighted by Gasteiger charge is -2.33. The average molecular weight is 393 g/mol. The van der Waals surface area contributed by atoms with Gasteiger partial charge < -0.3 is 9.47 Å². The predicted molar refractivity (Wildman–Crippen MR) is 106 cm³/mol. The Morgan fingerprint density at radius 3 is 2.54 bits per heavy atom. The van der Waals surface area contributed by atoms with E-state index in [9.17, 15) is 4.79 Å². The van der Waals surface area contributed by atoms with Crippen LogP contribution in [0.2, 0.25) is 5.02 Å². The Kier molecular flexibility index (Phi) is 6.24. The molecule has 5 nitrogen and oxygen atoms in total. The number of benzene rings is 1. The number of rotatable bonds is 5. The minimum atomic E-state index is 0.158. The Balaban J connectivity index is 1.59. The molecule has 0 saturated heterocycles. The van der Waals surface area contributed by atoms with Crippen LogP contribution < -0.4 is 0 Å². The molecular weight excluding hydrogens is 368 g/mol. The van der Waals surface area contributed by atoms with Gasteiger partial charge in [0.25, 0.3) is 0 Å². The number of thioether (sulfide) groups is 1. The molecule has 1 aromatic carbocycles. The summed E-state index contributed by atoms with van der Waals surface area (Å²) in [5, 5.41) is 9.94. The lowest BCUT2D eigenvalue weighted by atomic mass is 9.87. The van der Waals surface area contributed by atoms with E-state index in [1.165, 1.54) is 24.6 Å². The van der Waals surface area contributed by atoms with E-state index < -0.39 is 0 Å². The average Bonchev–Trinajstić information content (AvgIpc) is 3.01. The molecule has 0 unspecified atom stereocenters. The lowest BCUT2D eigenvalue weighted by molar-refractivity contribution is -0.129. The van der Waals surface area contributed by atoms with Crippen LogP contribution in [-0.4, -0.2) is 44.4 Å². The van der Waals surface area contributed by atoms with E-state index >= 15 is 0 Å². The van der Waals surface area contributed by atoms with Crippen LogP contribution in [0.15, 0.2) is 29.4 Å². The topological polar surface area (TPSA) is 51.0 Å². The third-order valence-corrected chi connectivity index (χ3v) is 6.45. The molecule has 2 aromatic rings. The minimum absolute atomic E-state index is 0.158. The van der Waals surface area contributed by atoms with Crippen molar-refractivity contribution in [1.82, 2.24) is 19.7 Å². The molecule has 140 valence electrons. The molecule has 0 spiro atoms. The van der Waals surface area contributed by atoms with Gasteiger partial charge in [0.15, 0.2) is 11.0 Å². The molecule has 0 radical (unpaired) electrons. The van der Waals surface area contributed by atoms with Crippen LogP contribution in [0.4, 0.5) is 0 Å². The normalized spacial score (nSPS) is 20.2. The molecule has 0 atom stereocenters. The number of carbonyl (C=O) groups excluding carboxylic acids is 1. The van der Waals surface area contributed by atoms with E-state index in [2.05, 4.69) is 17.1 Å². The van der Waals surface area contributed by atoms with E-state index in [1.807, 2.05) is 47.8 Å². The van der Waals surface area contributed by atoms with Crippen LogP contribution in [0, 0.1) is 5.92 Å². The van der Waals surface area contributed by atoms with Gasteiger partial charge in [0.2, 0.25) is 5.91 Å². The number of aromatic nitrogens is 3. The van der Waals surface area contributed by atoms with Crippen LogP contribution >= 0.6 is 23.4 Å². The van der Waals surface area contributed by atoms with Gasteiger partial charge in [-0.2, -0.15) is 0 Å². The van der Waals surface area contributed by atoms with Gasteiger partial charge in [0.05, 0.1) is 5.75 Å². The van der Waals surface area contributed by atoms with Crippen molar-refractivity contribution < 1.29 is 4.79 Å². The van der Waals surface area contributed by atoms with Gasteiger partial charge in [-0.25, -0.2) is 0 Å². The Bertz CT molecular complexity index is 753. The summed E-state index contributed by atoms with van der Waals surface area (Å²) < 4.78 is 1.92. The summed E-state index contributed by atoms with van der Waals surface area (Å²) in [6.07, 6.45) is 4.64. The van der Waals surface area contributed by atoms with Crippen molar-refractivity contribution in [3.8, 4) is 11.4 Å². The second-order valence-electron chi connectivity index (χ2n) is 7.08. The van der Waals surface area contributed by atoms with Crippen LogP contribution in [-0.2, 0) is 11.8 Å². The molecule has 1 heterocycles. The fourth-order valence-electron chi connectivity index (χ4n) is 3.35. The lowest BCUT2D eigenvalue weighted by Crippen LogP contribution is -2.40. The third-order valence-electron chi connectivity index (χ3n) is 5.19. The second kappa shape index (κ2) is 8.44. The number of halogens is 1. The zero-order chi connectivity index (χ0) is 18.7. The van der Waals surface area contributed by atoms with Gasteiger partial charge in [-0.1, -0.05) is 30.3 Å². The number of carbonyl (C=O) groups is 1. The highest BCUT2D eigenvalue weighted by atomic mass is 35.5. The molecule has 1 aromatic heterocycles. The first kappa shape index (κ1) is 19.2. The summed E-state index contributed by atoms with van der Waals surface area (Å²) in [6, 6.07) is 7.89. The predicted octanol–water partition coefficient (Wildman–Crippen LogP) is 4.26. The number of nitrogens with zero attached hydrogens (tertiary/aromatic N) is 4. The fourth-order valence-corrected chi connectivity index (χ4v) is 4.31. The third kappa shape index (κ3) is 4.41. The molecule has 1 fully saturated rings. The molecule has 7 heteroatoms. The molecule has 0 aliphatic heterocycles. The molecule has 1 saturated carbocycles. The summed E-state index contributed by atoms with van der Waals surface area (Å²) in [6.45, 7) is 2.29. The van der Waals surface area contributed by atoms with Crippen molar-refractivity contribution in [2.24, 2.45) is 13.0 Å². The Morgan fingerprint density at radius 1 is 1.23 bits per heavy atom. The summed E-state index contributed by atoms with van der Waals surface area (Å²) in [7, 11) is 3.85. The standard InChI is InChI=1S/C19H25ClN4OS/c1-13-4-10-16(11-5-13)23(2)17(25)12-26-19-22-21-18(24(19)3)14-6-8-15(20)9-7-14/h6-9,13,16H,4-5,10-12H2,1-3H3. The maximum Gasteiger partial charge on any atom is 0.233 e. The first-order valence-corrected chi connectivity index (χ1v) is 10.4. The molecule has 1 amide bonds. The van der Waals surface area contributed by atoms with E-state index in [4.69, 9.17) is 11.6 Å². The summed E-state index contributed by atoms with van der Waals surface area (Å²) in [5.41, 5.74) is 0.955. The molecule has 0 bridgehead atoms. The van der Waals surface area contributed by atoms with Crippen LogP contribution in [0.25, 0.3) is 11.4 Å². The van der Waals surface area contributed by atoms with Gasteiger partial charge in [-0.05, 0) is 55.9 Å². The highest BCUT2D eigenvalue weighted by Gasteiger charge is 2.25. The molecule has 0 N–H and O–H groups in total. The van der Waals surface area contributed by atoms with Gasteiger partial charge in [0.1, 0.15) is 0 Å². The van der Waals surface area contributed by atoms with Crippen LogP contribution in [0.5, 0.6) is 0 Å². The first-order chi connectivity index (χ1) is 12.5. The number of amides is 1. The SMILES string of the molecule is CC1CCC(N(C)C(=O)CSc2nnc(-c3ccc(Cl)cc3)n2C)CC1. The number of hydrogen-bond donors (Lipinski definition) is 0. The van der Waals surface area contributed by atoms with Crippen molar-refractivity contribution in [3.05, 3.63) is 29.3 Å². The monoisotopic (exact) mass is 392 g/mol. The van der Waals surface area contributed by atoms with Gasteiger partial charge in [-0.3, -0.25) is 4.79 Å². The van der Waals surface area contributed by atoms with E-state index in [-0.39, 0.29) is 5.91 Å². The van der Waals surface area contributed by atoms with Crippen molar-refractivity contribution in [2.45, 2.75) is 43.8 Å². The fraction of sp³-hybridized carbons (Fsp3) is 0.526. The quantitative estimate of drug-likeness (QED) is 0.713. The smallest absolute Gasteiger partial charge is 0.233 e. The zero-order valence-electron chi connectivity index (χ0n) is 15.5. The Hall–Kier alpha value is -1.53. The van der Waals surface area contributed by atoms with Crippen molar-refractivity contribution in [3.63, 3.8) is 0 Å². The minimum Gasteiger partial charge on any atom is -0.342 e. The molecule has 1 aliphatic rings. The maximum absolute atomic E-state index is 12.6. The van der Waals surface area contributed by atoms with Gasteiger partial charge >= 0.3 is 0 Å². The van der Waals surface area contributed by atoms with E-state index in [0.29, 0.717) is 16.8 Å². The van der Waals surface area contributed by atoms with Crippen LogP contribution in [0.1, 0.15) is 32.6 Å². The molecule has 3 rings (SSSR count). The summed E-state index contributed by atoms with van der Waals surface area (Å²) >= 11 is 7.38. The zero-order valence-corrected chi connectivity index (χ0v) is 17.1. The van der Waals surface area contributed by atoms with E-state index in [0.717, 1.165) is 35.3 Å². The molecular formula is C19H25ClN4OS. The van der Waals surface area contributed by atoms with E-state index in [1.54, 1.807) is 0 Å². The van der Waals surface area contributed by atoms with Crippen molar-refractivity contribution in [1.29, 1.82) is 0 Å². The second-order valence-corrected chi connectivity index (χ2v) is 8.46. The number of hydrogen-bond acceptors (Lipinski definition) is 4. The van der Waals surface area contributed by atoms with Crippen molar-refractivity contribution in [2.75, 3.05) is 12.8 Å². The summed E-state index contributed by atoms with van der Waals surface area (Å²) in [5.74, 6) is 2.10. The Morgan fingerprint density at radius 2 is 1.88 bits per heavy atom. The Labute approximate surface area is 164 Å². The van der Waals surface area contributed by atoms with Gasteiger partial charge in [0, 0.05) is 30.7 Å². The van der Waals surface area contributed by atoms with Crippen LogP contribution in [0.3, 0.4) is 0 Å². The highest BCUT2D eigenvalue weighted by Crippen LogP contribution is 2.28.